The first kappa shape index (κ1) is 15.4. The number of amides is 1. The lowest BCUT2D eigenvalue weighted by molar-refractivity contribution is -0.384. The Morgan fingerprint density at radius 2 is 1.95 bits per heavy atom. The quantitative estimate of drug-likeness (QED) is 0.521. The molecule has 0 spiro atoms. The van der Waals surface area contributed by atoms with Gasteiger partial charge in [0, 0.05) is 12.1 Å². The third-order valence-corrected chi connectivity index (χ3v) is 2.96. The standard InChI is InChI=1S/C15H15N3O4/c1-10-3-8-14(22-10)11(2)16-17-15(19)9-12-4-6-13(7-5-12)18(20)21/h3-8H,9H2,1-2H3,(H,17,19). The summed E-state index contributed by atoms with van der Waals surface area (Å²) in [5.41, 5.74) is 3.65. The summed E-state index contributed by atoms with van der Waals surface area (Å²) >= 11 is 0. The molecular weight excluding hydrogens is 286 g/mol. The first-order valence-electron chi connectivity index (χ1n) is 6.59. The van der Waals surface area contributed by atoms with Crippen molar-refractivity contribution in [3.63, 3.8) is 0 Å². The Labute approximate surface area is 126 Å². The third kappa shape index (κ3) is 4.02. The molecule has 0 atom stereocenters. The number of nitro benzene ring substituents is 1. The minimum Gasteiger partial charge on any atom is -0.460 e. The average molecular weight is 301 g/mol. The summed E-state index contributed by atoms with van der Waals surface area (Å²) in [6.45, 7) is 3.55. The number of nitrogens with one attached hydrogen (secondary N) is 1. The van der Waals surface area contributed by atoms with Gasteiger partial charge in [0.05, 0.1) is 11.3 Å². The van der Waals surface area contributed by atoms with Crippen molar-refractivity contribution in [2.24, 2.45) is 5.10 Å². The molecule has 114 valence electrons. The molecule has 7 heteroatoms. The average Bonchev–Trinajstić information content (AvgIpc) is 2.92. The zero-order valence-corrected chi connectivity index (χ0v) is 12.2. The topological polar surface area (TPSA) is 97.7 Å². The van der Waals surface area contributed by atoms with Crippen LogP contribution in [0.1, 0.15) is 24.0 Å². The van der Waals surface area contributed by atoms with E-state index < -0.39 is 4.92 Å². The van der Waals surface area contributed by atoms with E-state index in [0.29, 0.717) is 17.0 Å². The molecule has 1 amide bonds. The van der Waals surface area contributed by atoms with Gasteiger partial charge in [0.15, 0.2) is 0 Å². The van der Waals surface area contributed by atoms with Crippen LogP contribution in [0.25, 0.3) is 0 Å². The summed E-state index contributed by atoms with van der Waals surface area (Å²) in [5, 5.41) is 14.5. The fourth-order valence-electron chi connectivity index (χ4n) is 1.79. The fourth-order valence-corrected chi connectivity index (χ4v) is 1.79. The van der Waals surface area contributed by atoms with Crippen LogP contribution < -0.4 is 5.43 Å². The third-order valence-electron chi connectivity index (χ3n) is 2.96. The molecule has 0 aliphatic rings. The van der Waals surface area contributed by atoms with Crippen molar-refractivity contribution in [1.82, 2.24) is 5.43 Å². The Bertz CT molecular complexity index is 717. The second-order valence-corrected chi connectivity index (χ2v) is 4.74. The summed E-state index contributed by atoms with van der Waals surface area (Å²) < 4.78 is 5.39. The van der Waals surface area contributed by atoms with Gasteiger partial charge in [-0.15, -0.1) is 0 Å². The van der Waals surface area contributed by atoms with Crippen molar-refractivity contribution >= 4 is 17.3 Å². The van der Waals surface area contributed by atoms with Crippen LogP contribution in [0.5, 0.6) is 0 Å². The molecule has 1 aromatic heterocycles. The SMILES string of the molecule is CC(=NNC(=O)Cc1ccc([N+](=O)[O-])cc1)c1ccc(C)o1. The number of benzene rings is 1. The number of non-ortho nitro benzene ring substituents is 1. The van der Waals surface area contributed by atoms with E-state index >= 15 is 0 Å². The molecular formula is C15H15N3O4. The summed E-state index contributed by atoms with van der Waals surface area (Å²) in [5.74, 6) is 1.05. The molecule has 2 aromatic rings. The second kappa shape index (κ2) is 6.66. The van der Waals surface area contributed by atoms with Crippen LogP contribution in [0, 0.1) is 17.0 Å². The van der Waals surface area contributed by atoms with Gasteiger partial charge < -0.3 is 4.42 Å². The molecule has 0 radical (unpaired) electrons. The molecule has 1 aromatic carbocycles. The van der Waals surface area contributed by atoms with E-state index in [4.69, 9.17) is 4.42 Å². The predicted octanol–water partition coefficient (Wildman–Crippen LogP) is 2.58. The number of furan rings is 1. The molecule has 0 saturated carbocycles. The first-order chi connectivity index (χ1) is 10.5. The minimum atomic E-state index is -0.483. The van der Waals surface area contributed by atoms with Crippen LogP contribution in [0.15, 0.2) is 45.9 Å². The Kier molecular flexibility index (Phi) is 4.67. The highest BCUT2D eigenvalue weighted by molar-refractivity contribution is 5.96. The number of nitro groups is 1. The smallest absolute Gasteiger partial charge is 0.269 e. The van der Waals surface area contributed by atoms with Crippen molar-refractivity contribution in [1.29, 1.82) is 0 Å². The molecule has 0 bridgehead atoms. The van der Waals surface area contributed by atoms with Gasteiger partial charge in [0.1, 0.15) is 17.2 Å². The summed E-state index contributed by atoms with van der Waals surface area (Å²) in [6.07, 6.45) is 0.0892. The maximum absolute atomic E-state index is 11.8. The molecule has 0 aliphatic carbocycles. The van der Waals surface area contributed by atoms with Crippen LogP contribution in [0.2, 0.25) is 0 Å². The van der Waals surface area contributed by atoms with Crippen molar-refractivity contribution in [2.45, 2.75) is 20.3 Å². The van der Waals surface area contributed by atoms with E-state index in [1.807, 2.05) is 13.0 Å². The Morgan fingerprint density at radius 3 is 2.50 bits per heavy atom. The summed E-state index contributed by atoms with van der Waals surface area (Å²) in [4.78, 5) is 21.9. The molecule has 2 rings (SSSR count). The van der Waals surface area contributed by atoms with Gasteiger partial charge in [-0.2, -0.15) is 5.10 Å². The number of hydrogen-bond donors (Lipinski definition) is 1. The van der Waals surface area contributed by atoms with Gasteiger partial charge in [-0.05, 0) is 31.5 Å². The number of hydrogen-bond acceptors (Lipinski definition) is 5. The number of nitrogens with zero attached hydrogens (tertiary/aromatic N) is 2. The molecule has 1 N–H and O–H groups in total. The minimum absolute atomic E-state index is 0.00814. The van der Waals surface area contributed by atoms with E-state index in [0.717, 1.165) is 5.76 Å². The van der Waals surface area contributed by atoms with E-state index in [2.05, 4.69) is 10.5 Å². The van der Waals surface area contributed by atoms with E-state index in [9.17, 15) is 14.9 Å². The monoisotopic (exact) mass is 301 g/mol. The summed E-state index contributed by atoms with van der Waals surface area (Å²) in [6, 6.07) is 9.41. The molecule has 0 saturated heterocycles. The number of rotatable bonds is 5. The van der Waals surface area contributed by atoms with Gasteiger partial charge in [-0.1, -0.05) is 12.1 Å². The zero-order valence-electron chi connectivity index (χ0n) is 12.2. The Balaban J connectivity index is 1.94. The number of carbonyl (C=O) groups excluding carboxylic acids is 1. The van der Waals surface area contributed by atoms with Crippen LogP contribution in [-0.2, 0) is 11.2 Å². The normalized spacial score (nSPS) is 11.3. The molecule has 7 nitrogen and oxygen atoms in total. The molecule has 22 heavy (non-hydrogen) atoms. The fraction of sp³-hybridized carbons (Fsp3) is 0.200. The Morgan fingerprint density at radius 1 is 1.27 bits per heavy atom. The van der Waals surface area contributed by atoms with E-state index in [1.54, 1.807) is 25.1 Å². The predicted molar refractivity (Wildman–Crippen MR) is 80.6 cm³/mol. The maximum atomic E-state index is 11.8. The van der Waals surface area contributed by atoms with Gasteiger partial charge in [-0.3, -0.25) is 14.9 Å². The van der Waals surface area contributed by atoms with Gasteiger partial charge in [0.2, 0.25) is 5.91 Å². The molecule has 0 unspecified atom stereocenters. The molecule has 0 aliphatic heterocycles. The molecule has 1 heterocycles. The van der Waals surface area contributed by atoms with Crippen LogP contribution in [0.4, 0.5) is 5.69 Å². The Hall–Kier alpha value is -2.96. The van der Waals surface area contributed by atoms with Gasteiger partial charge in [-0.25, -0.2) is 5.43 Å². The van der Waals surface area contributed by atoms with Gasteiger partial charge >= 0.3 is 0 Å². The van der Waals surface area contributed by atoms with Crippen LogP contribution in [-0.4, -0.2) is 16.5 Å². The summed E-state index contributed by atoms with van der Waals surface area (Å²) in [7, 11) is 0. The van der Waals surface area contributed by atoms with Crippen molar-refractivity contribution in [2.75, 3.05) is 0 Å². The van der Waals surface area contributed by atoms with Crippen LogP contribution >= 0.6 is 0 Å². The number of hydrazone groups is 1. The number of carbonyl (C=O) groups is 1. The zero-order chi connectivity index (χ0) is 16.1. The lowest BCUT2D eigenvalue weighted by Gasteiger charge is -2.02. The highest BCUT2D eigenvalue weighted by Gasteiger charge is 2.08. The second-order valence-electron chi connectivity index (χ2n) is 4.74. The van der Waals surface area contributed by atoms with Gasteiger partial charge in [0.25, 0.3) is 5.69 Å². The maximum Gasteiger partial charge on any atom is 0.269 e. The first-order valence-corrected chi connectivity index (χ1v) is 6.59. The lowest BCUT2D eigenvalue weighted by atomic mass is 10.1. The highest BCUT2D eigenvalue weighted by atomic mass is 16.6. The van der Waals surface area contributed by atoms with Crippen LogP contribution in [0.3, 0.4) is 0 Å². The van der Waals surface area contributed by atoms with Crippen molar-refractivity contribution < 1.29 is 14.1 Å². The van der Waals surface area contributed by atoms with E-state index in [-0.39, 0.29) is 18.0 Å². The van der Waals surface area contributed by atoms with E-state index in [1.165, 1.54) is 12.1 Å². The lowest BCUT2D eigenvalue weighted by Crippen LogP contribution is -2.21. The number of aryl methyl sites for hydroxylation is 1. The van der Waals surface area contributed by atoms with Crippen molar-refractivity contribution in [3.05, 3.63) is 63.6 Å². The van der Waals surface area contributed by atoms with Crippen molar-refractivity contribution in [3.8, 4) is 0 Å². The largest absolute Gasteiger partial charge is 0.460 e. The highest BCUT2D eigenvalue weighted by Crippen LogP contribution is 2.12. The molecule has 0 fully saturated rings.